The Balaban J connectivity index is 1.92. The average molecular weight is 359 g/mol. The Kier molecular flexibility index (Phi) is 4.85. The molecule has 6 nitrogen and oxygen atoms in total. The van der Waals surface area contributed by atoms with E-state index >= 15 is 0 Å². The van der Waals surface area contributed by atoms with E-state index in [4.69, 9.17) is 13.9 Å². The normalized spacial score (nSPS) is 12.1. The van der Waals surface area contributed by atoms with Gasteiger partial charge in [0.05, 0.1) is 28.3 Å². The highest BCUT2D eigenvalue weighted by molar-refractivity contribution is 7.09. The van der Waals surface area contributed by atoms with Crippen molar-refractivity contribution in [1.29, 1.82) is 0 Å². The summed E-state index contributed by atoms with van der Waals surface area (Å²) in [6.45, 7) is 5.51. The van der Waals surface area contributed by atoms with Crippen LogP contribution in [0.2, 0.25) is 0 Å². The van der Waals surface area contributed by atoms with Crippen molar-refractivity contribution in [3.05, 3.63) is 45.1 Å². The van der Waals surface area contributed by atoms with Gasteiger partial charge >= 0.3 is 5.97 Å². The van der Waals surface area contributed by atoms with E-state index in [-0.39, 0.29) is 12.0 Å². The first kappa shape index (κ1) is 17.2. The van der Waals surface area contributed by atoms with Crippen LogP contribution in [0.15, 0.2) is 39.1 Å². The van der Waals surface area contributed by atoms with Gasteiger partial charge in [-0.15, -0.1) is 11.3 Å². The topological polar surface area (TPSA) is 78.6 Å². The lowest BCUT2D eigenvalue weighted by molar-refractivity contribution is -0.150. The van der Waals surface area contributed by atoms with E-state index in [0.717, 1.165) is 5.01 Å². The summed E-state index contributed by atoms with van der Waals surface area (Å²) in [6, 6.07) is 4.84. The van der Waals surface area contributed by atoms with Gasteiger partial charge in [0, 0.05) is 11.4 Å². The number of fused-ring (bicyclic) bond motifs is 1. The van der Waals surface area contributed by atoms with E-state index in [0.29, 0.717) is 28.0 Å². The molecule has 0 fully saturated rings. The van der Waals surface area contributed by atoms with Crippen molar-refractivity contribution in [1.82, 2.24) is 4.98 Å². The number of thiazole rings is 1. The van der Waals surface area contributed by atoms with Crippen molar-refractivity contribution in [2.24, 2.45) is 0 Å². The van der Waals surface area contributed by atoms with Crippen LogP contribution in [0, 0.1) is 6.92 Å². The van der Waals surface area contributed by atoms with E-state index < -0.39 is 12.1 Å². The molecule has 3 rings (SSSR count). The lowest BCUT2D eigenvalue weighted by atomic mass is 10.1. The van der Waals surface area contributed by atoms with Crippen LogP contribution in [0.25, 0.3) is 22.2 Å². The SMILES string of the molecule is CCOC(=O)[C@@H](C)Oc1ccc2c(=O)c(-c3csc(C)n3)coc2c1. The van der Waals surface area contributed by atoms with Crippen LogP contribution >= 0.6 is 11.3 Å². The van der Waals surface area contributed by atoms with E-state index in [1.807, 2.05) is 12.3 Å². The number of aryl methyl sites for hydroxylation is 1. The number of hydrogen-bond donors (Lipinski definition) is 0. The van der Waals surface area contributed by atoms with Gasteiger partial charge < -0.3 is 13.9 Å². The molecule has 0 amide bonds. The van der Waals surface area contributed by atoms with Crippen LogP contribution in [-0.4, -0.2) is 23.7 Å². The third kappa shape index (κ3) is 3.56. The zero-order valence-electron chi connectivity index (χ0n) is 14.1. The fourth-order valence-corrected chi connectivity index (χ4v) is 2.97. The molecule has 25 heavy (non-hydrogen) atoms. The minimum absolute atomic E-state index is 0.156. The smallest absolute Gasteiger partial charge is 0.347 e. The second kappa shape index (κ2) is 7.06. The summed E-state index contributed by atoms with van der Waals surface area (Å²) in [5.74, 6) is -0.0215. The summed E-state index contributed by atoms with van der Waals surface area (Å²) >= 11 is 1.47. The summed E-state index contributed by atoms with van der Waals surface area (Å²) in [5, 5.41) is 3.14. The Bertz CT molecular complexity index is 975. The standard InChI is InChI=1S/C18H17NO5S/c1-4-22-18(21)10(2)24-12-5-6-13-16(7-12)23-8-14(17(13)20)15-9-25-11(3)19-15/h5-10H,4H2,1-3H3/t10-/m1/s1. The molecular formula is C18H17NO5S. The van der Waals surface area contributed by atoms with Gasteiger partial charge in [0.15, 0.2) is 6.10 Å². The quantitative estimate of drug-likeness (QED) is 0.648. The monoisotopic (exact) mass is 359 g/mol. The number of benzene rings is 1. The highest BCUT2D eigenvalue weighted by atomic mass is 32.1. The summed E-state index contributed by atoms with van der Waals surface area (Å²) in [7, 11) is 0. The molecule has 0 spiro atoms. The molecular weight excluding hydrogens is 342 g/mol. The Morgan fingerprint density at radius 3 is 2.88 bits per heavy atom. The fraction of sp³-hybridized carbons (Fsp3) is 0.278. The summed E-state index contributed by atoms with van der Waals surface area (Å²) in [5.41, 5.74) is 1.26. The summed E-state index contributed by atoms with van der Waals surface area (Å²) in [4.78, 5) is 28.6. The van der Waals surface area contributed by atoms with Crippen LogP contribution in [0.1, 0.15) is 18.9 Å². The molecule has 0 unspecified atom stereocenters. The number of carbonyl (C=O) groups excluding carboxylic acids is 1. The van der Waals surface area contributed by atoms with E-state index in [1.54, 1.807) is 32.0 Å². The van der Waals surface area contributed by atoms with Gasteiger partial charge in [0.1, 0.15) is 17.6 Å². The van der Waals surface area contributed by atoms with Crippen molar-refractivity contribution in [3.8, 4) is 17.0 Å². The molecule has 1 aromatic carbocycles. The number of esters is 1. The van der Waals surface area contributed by atoms with Crippen molar-refractivity contribution in [2.45, 2.75) is 26.9 Å². The average Bonchev–Trinajstić information content (AvgIpc) is 3.01. The molecule has 0 bridgehead atoms. The molecule has 7 heteroatoms. The Hall–Kier alpha value is -2.67. The number of ether oxygens (including phenoxy) is 2. The predicted octanol–water partition coefficient (Wildman–Crippen LogP) is 3.56. The van der Waals surface area contributed by atoms with Gasteiger partial charge in [0.25, 0.3) is 0 Å². The van der Waals surface area contributed by atoms with E-state index in [1.165, 1.54) is 17.6 Å². The summed E-state index contributed by atoms with van der Waals surface area (Å²) < 4.78 is 16.0. The van der Waals surface area contributed by atoms with Gasteiger partial charge in [0.2, 0.25) is 5.43 Å². The van der Waals surface area contributed by atoms with E-state index in [2.05, 4.69) is 4.98 Å². The zero-order chi connectivity index (χ0) is 18.0. The lowest BCUT2D eigenvalue weighted by Crippen LogP contribution is -2.26. The predicted molar refractivity (Wildman–Crippen MR) is 95.1 cm³/mol. The summed E-state index contributed by atoms with van der Waals surface area (Å²) in [6.07, 6.45) is 0.652. The molecule has 2 aromatic heterocycles. The van der Waals surface area contributed by atoms with Gasteiger partial charge in [-0.25, -0.2) is 9.78 Å². The number of carbonyl (C=O) groups is 1. The first-order chi connectivity index (χ1) is 12.0. The molecule has 3 aromatic rings. The van der Waals surface area contributed by atoms with Crippen molar-refractivity contribution in [3.63, 3.8) is 0 Å². The Labute approximate surface area is 148 Å². The number of nitrogens with zero attached hydrogens (tertiary/aromatic N) is 1. The molecule has 1 atom stereocenters. The number of hydrogen-bond acceptors (Lipinski definition) is 7. The fourth-order valence-electron chi connectivity index (χ4n) is 2.36. The highest BCUT2D eigenvalue weighted by Crippen LogP contribution is 2.24. The minimum Gasteiger partial charge on any atom is -0.479 e. The van der Waals surface area contributed by atoms with Gasteiger partial charge in [-0.2, -0.15) is 0 Å². The molecule has 0 aliphatic carbocycles. The Morgan fingerprint density at radius 1 is 1.40 bits per heavy atom. The van der Waals surface area contributed by atoms with Crippen molar-refractivity contribution in [2.75, 3.05) is 6.61 Å². The van der Waals surface area contributed by atoms with Gasteiger partial charge in [-0.3, -0.25) is 4.79 Å². The maximum Gasteiger partial charge on any atom is 0.347 e. The van der Waals surface area contributed by atoms with Crippen molar-refractivity contribution >= 4 is 28.3 Å². The van der Waals surface area contributed by atoms with Crippen LogP contribution in [0.3, 0.4) is 0 Å². The highest BCUT2D eigenvalue weighted by Gasteiger charge is 2.17. The second-order valence-electron chi connectivity index (χ2n) is 5.40. The molecule has 0 aliphatic rings. The van der Waals surface area contributed by atoms with Crippen LogP contribution < -0.4 is 10.2 Å². The molecule has 0 radical (unpaired) electrons. The zero-order valence-corrected chi connectivity index (χ0v) is 14.9. The lowest BCUT2D eigenvalue weighted by Gasteiger charge is -2.13. The molecule has 2 heterocycles. The number of rotatable bonds is 5. The van der Waals surface area contributed by atoms with Gasteiger partial charge in [-0.1, -0.05) is 0 Å². The maximum atomic E-state index is 12.7. The molecule has 0 aliphatic heterocycles. The number of aromatic nitrogens is 1. The first-order valence-corrected chi connectivity index (χ1v) is 8.69. The van der Waals surface area contributed by atoms with E-state index in [9.17, 15) is 9.59 Å². The van der Waals surface area contributed by atoms with Crippen LogP contribution in [0.5, 0.6) is 5.75 Å². The molecule has 130 valence electrons. The van der Waals surface area contributed by atoms with Crippen LogP contribution in [0.4, 0.5) is 0 Å². The molecule has 0 saturated heterocycles. The second-order valence-corrected chi connectivity index (χ2v) is 6.46. The third-order valence-corrected chi connectivity index (χ3v) is 4.35. The third-order valence-electron chi connectivity index (χ3n) is 3.57. The minimum atomic E-state index is -0.749. The van der Waals surface area contributed by atoms with Crippen molar-refractivity contribution < 1.29 is 18.7 Å². The largest absolute Gasteiger partial charge is 0.479 e. The first-order valence-electron chi connectivity index (χ1n) is 7.81. The Morgan fingerprint density at radius 2 is 2.20 bits per heavy atom. The maximum absolute atomic E-state index is 12.7. The molecule has 0 N–H and O–H groups in total. The molecule has 0 saturated carbocycles. The van der Waals surface area contributed by atoms with Crippen LogP contribution in [-0.2, 0) is 9.53 Å². The van der Waals surface area contributed by atoms with Gasteiger partial charge in [-0.05, 0) is 32.9 Å².